The standard InChI is InChI=1S/C41H29Cl2N9O7/c1-20-12-27(28-13-21(2)52-32-16-24(6-8-26(32)41(56)59-39(28)52)37(54)49-47-18-29-34(42)44-19-45-35(29)43)38-51(20)31-15-23(5-7-25(31)40(55)58-38)36(53)48-46-17-22-4-9-30-33(14-22)57-11-10-50(30)3/h4-9,12-19H,10-11H2,1-3H3,(H,48,53)(H,49,54)/b46-17+,47-18+. The molecule has 0 atom stereocenters. The van der Waals surface area contributed by atoms with E-state index >= 15 is 0 Å². The van der Waals surface area contributed by atoms with E-state index in [9.17, 15) is 19.2 Å². The minimum Gasteiger partial charge on any atom is -0.490 e. The Kier molecular flexibility index (Phi) is 9.21. The zero-order chi connectivity index (χ0) is 41.1. The lowest BCUT2D eigenvalue weighted by atomic mass is 10.1. The first-order chi connectivity index (χ1) is 28.5. The van der Waals surface area contributed by atoms with Crippen LogP contribution in [0.25, 0.3) is 44.4 Å². The molecular weight excluding hydrogens is 801 g/mol. The number of nitrogens with one attached hydrogen (secondary N) is 2. The number of likely N-dealkylation sites (N-methyl/N-ethyl adjacent to an activating group) is 1. The van der Waals surface area contributed by atoms with Crippen molar-refractivity contribution in [2.75, 3.05) is 25.1 Å². The van der Waals surface area contributed by atoms with E-state index in [1.54, 1.807) is 33.1 Å². The van der Waals surface area contributed by atoms with Crippen molar-refractivity contribution in [2.45, 2.75) is 13.8 Å². The number of benzene rings is 3. The smallest absolute Gasteiger partial charge is 0.346 e. The number of hydrogen-bond acceptors (Lipinski definition) is 12. The highest BCUT2D eigenvalue weighted by molar-refractivity contribution is 6.37. The number of nitrogens with zero attached hydrogens (tertiary/aromatic N) is 7. The Bertz CT molecular complexity index is 3250. The van der Waals surface area contributed by atoms with Gasteiger partial charge in [0.05, 0.1) is 63.2 Å². The Balaban J connectivity index is 1.05. The van der Waals surface area contributed by atoms with Crippen LogP contribution in [0, 0.1) is 13.8 Å². The molecule has 59 heavy (non-hydrogen) atoms. The van der Waals surface area contributed by atoms with Gasteiger partial charge in [-0.3, -0.25) is 18.4 Å². The monoisotopic (exact) mass is 829 g/mol. The van der Waals surface area contributed by atoms with Gasteiger partial charge in [-0.1, -0.05) is 29.3 Å². The van der Waals surface area contributed by atoms with E-state index in [0.717, 1.165) is 23.5 Å². The Hall–Kier alpha value is -7.30. The summed E-state index contributed by atoms with van der Waals surface area (Å²) in [6, 6.07) is 18.4. The van der Waals surface area contributed by atoms with Crippen LogP contribution in [-0.2, 0) is 0 Å². The lowest BCUT2D eigenvalue weighted by molar-refractivity contribution is 0.0947. The third-order valence-corrected chi connectivity index (χ3v) is 10.6. The lowest BCUT2D eigenvalue weighted by Gasteiger charge is -2.27. The van der Waals surface area contributed by atoms with Crippen molar-refractivity contribution < 1.29 is 23.2 Å². The molecule has 3 aromatic carbocycles. The van der Waals surface area contributed by atoms with E-state index < -0.39 is 23.1 Å². The number of carbonyl (C=O) groups excluding carboxylic acids is 2. The molecule has 0 saturated carbocycles. The van der Waals surface area contributed by atoms with Gasteiger partial charge in [0, 0.05) is 29.6 Å². The van der Waals surface area contributed by atoms with Gasteiger partial charge in [0.25, 0.3) is 11.8 Å². The first-order valence-corrected chi connectivity index (χ1v) is 18.7. The van der Waals surface area contributed by atoms with Crippen molar-refractivity contribution in [2.24, 2.45) is 10.2 Å². The maximum absolute atomic E-state index is 13.4. The molecule has 2 N–H and O–H groups in total. The fraction of sp³-hybridized carbons (Fsp3) is 0.122. The molecule has 8 aromatic rings. The summed E-state index contributed by atoms with van der Waals surface area (Å²) in [7, 11) is 2.00. The van der Waals surface area contributed by atoms with Crippen molar-refractivity contribution in [3.05, 3.63) is 138 Å². The van der Waals surface area contributed by atoms with Crippen LogP contribution in [0.1, 0.15) is 43.2 Å². The quantitative estimate of drug-likeness (QED) is 0.107. The van der Waals surface area contributed by atoms with Gasteiger partial charge in [-0.25, -0.2) is 30.4 Å². The number of hydrazone groups is 2. The molecule has 0 unspecified atom stereocenters. The summed E-state index contributed by atoms with van der Waals surface area (Å²) < 4.78 is 21.0. The minimum atomic E-state index is -0.650. The molecule has 0 aliphatic carbocycles. The SMILES string of the molecule is Cc1cc(-c2cc(C)n3c2oc(=O)c2ccc(C(=O)N/N=C/c4c(Cl)ncnc4Cl)cc23)c2oc(=O)c3ccc(C(=O)N/N=C/c4ccc5c(c4)OCCN5C)cc3n12. The van der Waals surface area contributed by atoms with E-state index in [-0.39, 0.29) is 49.2 Å². The van der Waals surface area contributed by atoms with Crippen LogP contribution in [0.15, 0.2) is 102 Å². The maximum atomic E-state index is 13.4. The number of aryl methyl sites for hydroxylation is 2. The zero-order valence-electron chi connectivity index (χ0n) is 31.2. The van der Waals surface area contributed by atoms with Crippen molar-refractivity contribution in [3.63, 3.8) is 0 Å². The van der Waals surface area contributed by atoms with E-state index in [1.165, 1.54) is 43.0 Å². The normalized spacial score (nSPS) is 12.9. The summed E-state index contributed by atoms with van der Waals surface area (Å²) in [5.41, 5.74) is 9.44. The second-order valence-corrected chi connectivity index (χ2v) is 14.4. The number of anilines is 1. The molecule has 1 aliphatic heterocycles. The highest BCUT2D eigenvalue weighted by Crippen LogP contribution is 2.36. The molecule has 5 aromatic heterocycles. The Morgan fingerprint density at radius 1 is 0.746 bits per heavy atom. The van der Waals surface area contributed by atoms with Gasteiger partial charge in [0.2, 0.25) is 11.4 Å². The van der Waals surface area contributed by atoms with Gasteiger partial charge < -0.3 is 18.5 Å². The fourth-order valence-electron chi connectivity index (χ4n) is 7.13. The predicted molar refractivity (Wildman–Crippen MR) is 223 cm³/mol. The molecule has 16 nitrogen and oxygen atoms in total. The van der Waals surface area contributed by atoms with Crippen LogP contribution in [0.2, 0.25) is 10.3 Å². The van der Waals surface area contributed by atoms with Gasteiger partial charge in [-0.15, -0.1) is 0 Å². The summed E-state index contributed by atoms with van der Waals surface area (Å²) in [4.78, 5) is 63.2. The lowest BCUT2D eigenvalue weighted by Crippen LogP contribution is -2.28. The van der Waals surface area contributed by atoms with Crippen LogP contribution in [-0.4, -0.2) is 63.2 Å². The first kappa shape index (κ1) is 37.3. The molecular formula is C41H29Cl2N9O7. The average molecular weight is 831 g/mol. The van der Waals surface area contributed by atoms with Crippen molar-refractivity contribution in [1.29, 1.82) is 0 Å². The third kappa shape index (κ3) is 6.53. The number of rotatable bonds is 7. The number of halogens is 2. The summed E-state index contributed by atoms with van der Waals surface area (Å²) in [6.07, 6.45) is 3.95. The molecule has 294 valence electrons. The topological polar surface area (TPSA) is 190 Å². The van der Waals surface area contributed by atoms with Gasteiger partial charge >= 0.3 is 11.3 Å². The zero-order valence-corrected chi connectivity index (χ0v) is 32.8. The minimum absolute atomic E-state index is 0.0561. The highest BCUT2D eigenvalue weighted by atomic mass is 35.5. The van der Waals surface area contributed by atoms with E-state index in [0.29, 0.717) is 40.2 Å². The number of ether oxygens (including phenoxy) is 1. The Morgan fingerprint density at radius 2 is 1.29 bits per heavy atom. The summed E-state index contributed by atoms with van der Waals surface area (Å²) in [6.45, 7) is 5.00. The second-order valence-electron chi connectivity index (χ2n) is 13.7. The van der Waals surface area contributed by atoms with Gasteiger partial charge in [-0.05, 0) is 80.1 Å². The average Bonchev–Trinajstić information content (AvgIpc) is 3.73. The molecule has 1 aliphatic rings. The predicted octanol–water partition coefficient (Wildman–Crippen LogP) is 6.14. The molecule has 0 fully saturated rings. The molecule has 2 amide bonds. The van der Waals surface area contributed by atoms with Crippen molar-refractivity contribution in [1.82, 2.24) is 29.6 Å². The number of carbonyl (C=O) groups is 2. The molecule has 6 heterocycles. The molecule has 0 bridgehead atoms. The van der Waals surface area contributed by atoms with Crippen molar-refractivity contribution in [3.8, 4) is 16.9 Å². The number of aromatic nitrogens is 4. The first-order valence-electron chi connectivity index (χ1n) is 18.0. The van der Waals surface area contributed by atoms with E-state index in [1.807, 2.05) is 39.1 Å². The van der Waals surface area contributed by atoms with Crippen LogP contribution in [0.3, 0.4) is 0 Å². The molecule has 0 saturated heterocycles. The van der Waals surface area contributed by atoms with Gasteiger partial charge in [0.1, 0.15) is 29.0 Å². The summed E-state index contributed by atoms with van der Waals surface area (Å²) in [5, 5.41) is 8.67. The number of fused-ring (bicyclic) bond motifs is 7. The van der Waals surface area contributed by atoms with E-state index in [2.05, 4.69) is 35.9 Å². The number of hydrogen-bond donors (Lipinski definition) is 2. The largest absolute Gasteiger partial charge is 0.490 e. The van der Waals surface area contributed by atoms with Gasteiger partial charge in [0.15, 0.2) is 0 Å². The maximum Gasteiger partial charge on any atom is 0.346 e. The van der Waals surface area contributed by atoms with Crippen LogP contribution in [0.5, 0.6) is 5.75 Å². The van der Waals surface area contributed by atoms with Crippen molar-refractivity contribution >= 4 is 86.4 Å². The molecule has 9 rings (SSSR count). The third-order valence-electron chi connectivity index (χ3n) is 9.99. The Morgan fingerprint density at radius 3 is 1.85 bits per heavy atom. The fourth-order valence-corrected chi connectivity index (χ4v) is 7.54. The second kappa shape index (κ2) is 14.6. The molecule has 0 spiro atoms. The van der Waals surface area contributed by atoms with Crippen LogP contribution >= 0.6 is 23.2 Å². The number of amides is 2. The van der Waals surface area contributed by atoms with Gasteiger partial charge in [-0.2, -0.15) is 10.2 Å². The van der Waals surface area contributed by atoms with Crippen LogP contribution < -0.4 is 31.7 Å². The molecule has 0 radical (unpaired) electrons. The van der Waals surface area contributed by atoms with Crippen LogP contribution in [0.4, 0.5) is 5.69 Å². The molecule has 18 heteroatoms. The summed E-state index contributed by atoms with van der Waals surface area (Å²) in [5.74, 6) is -0.342. The summed E-state index contributed by atoms with van der Waals surface area (Å²) >= 11 is 12.1. The highest BCUT2D eigenvalue weighted by Gasteiger charge is 2.23. The van der Waals surface area contributed by atoms with E-state index in [4.69, 9.17) is 36.8 Å². The Labute approximate surface area is 341 Å².